The Morgan fingerprint density at radius 3 is 2.41 bits per heavy atom. The molecule has 1 aromatic rings. The van der Waals surface area contributed by atoms with Crippen LogP contribution in [0.25, 0.3) is 0 Å². The number of sulfone groups is 1. The van der Waals surface area contributed by atoms with Gasteiger partial charge in [0.15, 0.2) is 11.6 Å². The van der Waals surface area contributed by atoms with E-state index in [4.69, 9.17) is 0 Å². The van der Waals surface area contributed by atoms with Crippen molar-refractivity contribution in [2.75, 3.05) is 19.1 Å². The highest BCUT2D eigenvalue weighted by molar-refractivity contribution is 7.90. The van der Waals surface area contributed by atoms with Crippen LogP contribution < -0.4 is 5.32 Å². The Kier molecular flexibility index (Phi) is 4.59. The fourth-order valence-corrected chi connectivity index (χ4v) is 2.20. The van der Waals surface area contributed by atoms with Gasteiger partial charge in [-0.1, -0.05) is 6.07 Å². The molecule has 1 atom stereocenters. The van der Waals surface area contributed by atoms with Crippen molar-refractivity contribution in [3.8, 4) is 0 Å². The lowest BCUT2D eigenvalue weighted by Crippen LogP contribution is -2.20. The molecular weight excluding hydrogens is 248 g/mol. The lowest BCUT2D eigenvalue weighted by Gasteiger charge is -2.16. The van der Waals surface area contributed by atoms with Crippen LogP contribution in [0.3, 0.4) is 0 Å². The molecule has 0 saturated heterocycles. The van der Waals surface area contributed by atoms with E-state index < -0.39 is 21.5 Å². The van der Waals surface area contributed by atoms with E-state index in [0.29, 0.717) is 12.0 Å². The Hall–Kier alpha value is -1.01. The van der Waals surface area contributed by atoms with Gasteiger partial charge in [0.2, 0.25) is 0 Å². The molecule has 0 aliphatic rings. The molecule has 3 nitrogen and oxygen atoms in total. The number of nitrogens with one attached hydrogen (secondary N) is 1. The second-order valence-corrected chi connectivity index (χ2v) is 6.19. The average Bonchev–Trinajstić information content (AvgIpc) is 2.22. The van der Waals surface area contributed by atoms with E-state index in [2.05, 4.69) is 5.32 Å². The normalized spacial score (nSPS) is 13.6. The molecule has 96 valence electrons. The van der Waals surface area contributed by atoms with Crippen molar-refractivity contribution < 1.29 is 17.2 Å². The molecule has 0 aromatic heterocycles. The maximum atomic E-state index is 13.0. The molecule has 0 aliphatic heterocycles. The fourth-order valence-electron chi connectivity index (χ4n) is 1.54. The molecule has 0 bridgehead atoms. The summed E-state index contributed by atoms with van der Waals surface area (Å²) < 4.78 is 47.9. The standard InChI is InChI=1S/C11H15F2NO2S/c1-14-11(5-6-17(2,15)16)8-3-4-9(12)10(13)7-8/h3-4,7,11,14H,5-6H2,1-2H3. The Morgan fingerprint density at radius 1 is 1.29 bits per heavy atom. The first-order valence-corrected chi connectivity index (χ1v) is 7.19. The molecule has 0 spiro atoms. The molecule has 0 amide bonds. The van der Waals surface area contributed by atoms with Crippen LogP contribution in [-0.2, 0) is 9.84 Å². The van der Waals surface area contributed by atoms with Crippen LogP contribution in [0.5, 0.6) is 0 Å². The van der Waals surface area contributed by atoms with Gasteiger partial charge in [-0.3, -0.25) is 0 Å². The quantitative estimate of drug-likeness (QED) is 0.879. The number of halogens is 2. The largest absolute Gasteiger partial charge is 0.313 e. The van der Waals surface area contributed by atoms with Crippen molar-refractivity contribution in [3.63, 3.8) is 0 Å². The average molecular weight is 263 g/mol. The number of benzene rings is 1. The zero-order valence-electron chi connectivity index (χ0n) is 9.70. The molecule has 0 aliphatic carbocycles. The van der Waals surface area contributed by atoms with E-state index in [-0.39, 0.29) is 11.8 Å². The predicted octanol–water partition coefficient (Wildman–Crippen LogP) is 1.66. The summed E-state index contributed by atoms with van der Waals surface area (Å²) in [7, 11) is -1.42. The maximum Gasteiger partial charge on any atom is 0.159 e. The predicted molar refractivity (Wildman–Crippen MR) is 62.5 cm³/mol. The molecule has 17 heavy (non-hydrogen) atoms. The van der Waals surface area contributed by atoms with Crippen LogP contribution in [0.4, 0.5) is 8.78 Å². The van der Waals surface area contributed by atoms with Crippen molar-refractivity contribution in [2.45, 2.75) is 12.5 Å². The van der Waals surface area contributed by atoms with Crippen LogP contribution in [0.2, 0.25) is 0 Å². The minimum Gasteiger partial charge on any atom is -0.313 e. The van der Waals surface area contributed by atoms with Crippen molar-refractivity contribution in [1.29, 1.82) is 0 Å². The van der Waals surface area contributed by atoms with Gasteiger partial charge in [0, 0.05) is 12.3 Å². The Balaban J connectivity index is 2.83. The summed E-state index contributed by atoms with van der Waals surface area (Å²) in [5, 5.41) is 2.88. The Bertz CT molecular complexity index is 488. The zero-order chi connectivity index (χ0) is 13.1. The maximum absolute atomic E-state index is 13.0. The molecule has 0 saturated carbocycles. The van der Waals surface area contributed by atoms with Crippen molar-refractivity contribution in [1.82, 2.24) is 5.32 Å². The smallest absolute Gasteiger partial charge is 0.159 e. The van der Waals surface area contributed by atoms with E-state index >= 15 is 0 Å². The Labute approximate surface area is 99.8 Å². The SMILES string of the molecule is CNC(CCS(C)(=O)=O)c1ccc(F)c(F)c1. The van der Waals surface area contributed by atoms with Gasteiger partial charge in [0.1, 0.15) is 9.84 Å². The summed E-state index contributed by atoms with van der Waals surface area (Å²) in [5.74, 6) is -1.84. The zero-order valence-corrected chi connectivity index (χ0v) is 10.5. The van der Waals surface area contributed by atoms with Gasteiger partial charge in [-0.25, -0.2) is 17.2 Å². The highest BCUT2D eigenvalue weighted by atomic mass is 32.2. The number of hydrogen-bond donors (Lipinski definition) is 1. The molecule has 6 heteroatoms. The van der Waals surface area contributed by atoms with Gasteiger partial charge < -0.3 is 5.32 Å². The van der Waals surface area contributed by atoms with Crippen LogP contribution in [0.15, 0.2) is 18.2 Å². The van der Waals surface area contributed by atoms with Gasteiger partial charge in [0.25, 0.3) is 0 Å². The van der Waals surface area contributed by atoms with Crippen LogP contribution in [-0.4, -0.2) is 27.5 Å². The van der Waals surface area contributed by atoms with Gasteiger partial charge in [-0.15, -0.1) is 0 Å². The summed E-state index contributed by atoms with van der Waals surface area (Å²) in [5.41, 5.74) is 0.537. The summed E-state index contributed by atoms with van der Waals surface area (Å²) in [6.45, 7) is 0. The molecule has 0 heterocycles. The van der Waals surface area contributed by atoms with Crippen molar-refractivity contribution in [3.05, 3.63) is 35.4 Å². The molecule has 1 unspecified atom stereocenters. The third kappa shape index (κ3) is 4.40. The topological polar surface area (TPSA) is 46.2 Å². The van der Waals surface area contributed by atoms with Crippen LogP contribution >= 0.6 is 0 Å². The second-order valence-electron chi connectivity index (χ2n) is 3.93. The van der Waals surface area contributed by atoms with Gasteiger partial charge >= 0.3 is 0 Å². The summed E-state index contributed by atoms with van der Waals surface area (Å²) in [4.78, 5) is 0. The summed E-state index contributed by atoms with van der Waals surface area (Å²) in [6.07, 6.45) is 1.46. The third-order valence-corrected chi connectivity index (χ3v) is 3.45. The lowest BCUT2D eigenvalue weighted by atomic mass is 10.0. The van der Waals surface area contributed by atoms with E-state index in [1.807, 2.05) is 0 Å². The molecule has 1 N–H and O–H groups in total. The van der Waals surface area contributed by atoms with Crippen molar-refractivity contribution in [2.24, 2.45) is 0 Å². The summed E-state index contributed by atoms with van der Waals surface area (Å²) in [6, 6.07) is 3.26. The summed E-state index contributed by atoms with van der Waals surface area (Å²) >= 11 is 0. The first kappa shape index (κ1) is 14.1. The fraction of sp³-hybridized carbons (Fsp3) is 0.455. The molecule has 1 aromatic carbocycles. The van der Waals surface area contributed by atoms with Crippen LogP contribution in [0, 0.1) is 11.6 Å². The van der Waals surface area contributed by atoms with Gasteiger partial charge in [-0.05, 0) is 31.2 Å². The van der Waals surface area contributed by atoms with Crippen LogP contribution in [0.1, 0.15) is 18.0 Å². The van der Waals surface area contributed by atoms with E-state index in [0.717, 1.165) is 18.4 Å². The first-order chi connectivity index (χ1) is 7.83. The Morgan fingerprint density at radius 2 is 1.94 bits per heavy atom. The van der Waals surface area contributed by atoms with E-state index in [1.165, 1.54) is 6.07 Å². The van der Waals surface area contributed by atoms with E-state index in [9.17, 15) is 17.2 Å². The minimum absolute atomic E-state index is 0.00248. The molecule has 0 radical (unpaired) electrons. The highest BCUT2D eigenvalue weighted by Gasteiger charge is 2.14. The number of hydrogen-bond acceptors (Lipinski definition) is 3. The van der Waals surface area contributed by atoms with Gasteiger partial charge in [-0.2, -0.15) is 0 Å². The minimum atomic E-state index is -3.06. The highest BCUT2D eigenvalue weighted by Crippen LogP contribution is 2.19. The monoisotopic (exact) mass is 263 g/mol. The third-order valence-electron chi connectivity index (χ3n) is 2.47. The second kappa shape index (κ2) is 5.55. The first-order valence-electron chi connectivity index (χ1n) is 5.13. The lowest BCUT2D eigenvalue weighted by molar-refractivity contribution is 0.499. The molecule has 1 rings (SSSR count). The van der Waals surface area contributed by atoms with Gasteiger partial charge in [0.05, 0.1) is 5.75 Å². The van der Waals surface area contributed by atoms with E-state index in [1.54, 1.807) is 7.05 Å². The van der Waals surface area contributed by atoms with Crippen molar-refractivity contribution >= 4 is 9.84 Å². The molecular formula is C11H15F2NO2S. The molecule has 0 fully saturated rings. The number of rotatable bonds is 5.